The molecule has 0 bridgehead atoms. The lowest BCUT2D eigenvalue weighted by Crippen LogP contribution is -2.44. The normalized spacial score (nSPS) is 21.5. The maximum absolute atomic E-state index is 14.2. The summed E-state index contributed by atoms with van der Waals surface area (Å²) >= 11 is 0. The number of ketones is 1. The first-order valence-corrected chi connectivity index (χ1v) is 12.6. The van der Waals surface area contributed by atoms with Crippen molar-refractivity contribution in [2.24, 2.45) is 5.92 Å². The number of esters is 2. The van der Waals surface area contributed by atoms with Gasteiger partial charge in [0.15, 0.2) is 5.78 Å². The van der Waals surface area contributed by atoms with Crippen molar-refractivity contribution in [2.75, 3.05) is 13.2 Å². The van der Waals surface area contributed by atoms with Crippen molar-refractivity contribution < 1.29 is 23.9 Å². The molecule has 0 fully saturated rings. The van der Waals surface area contributed by atoms with Crippen LogP contribution in [0.15, 0.2) is 77.3 Å². The van der Waals surface area contributed by atoms with Crippen LogP contribution in [0.3, 0.4) is 0 Å². The molecule has 0 spiro atoms. The molecule has 36 heavy (non-hydrogen) atoms. The van der Waals surface area contributed by atoms with Crippen LogP contribution >= 0.6 is 0 Å². The Morgan fingerprint density at radius 3 is 2.36 bits per heavy atom. The van der Waals surface area contributed by atoms with Crippen LogP contribution in [0.4, 0.5) is 0 Å². The number of dihydropyridines is 1. The van der Waals surface area contributed by atoms with Crippen LogP contribution < -0.4 is 5.32 Å². The second kappa shape index (κ2) is 11.3. The maximum atomic E-state index is 14.2. The number of carbonyl (C=O) groups excluding carboxylic acids is 3. The van der Waals surface area contributed by atoms with Gasteiger partial charge in [-0.05, 0) is 44.4 Å². The number of hydrogen-bond donors (Lipinski definition) is 1. The van der Waals surface area contributed by atoms with Gasteiger partial charge in [-0.1, -0.05) is 49.7 Å². The molecule has 1 N–H and O–H groups in total. The molecule has 3 atom stereocenters. The summed E-state index contributed by atoms with van der Waals surface area (Å²) in [5.41, 5.74) is 3.69. The number of benzene rings is 1. The molecular formula is C29H32N2O5. The van der Waals surface area contributed by atoms with Crippen LogP contribution in [0.2, 0.25) is 0 Å². The third-order valence-electron chi connectivity index (χ3n) is 6.65. The number of ether oxygens (including phenoxy) is 2. The van der Waals surface area contributed by atoms with Gasteiger partial charge in [0.05, 0.1) is 30.4 Å². The van der Waals surface area contributed by atoms with Crippen LogP contribution in [-0.4, -0.2) is 35.9 Å². The van der Waals surface area contributed by atoms with Crippen molar-refractivity contribution in [3.8, 4) is 0 Å². The molecule has 7 nitrogen and oxygen atoms in total. The van der Waals surface area contributed by atoms with Gasteiger partial charge < -0.3 is 14.8 Å². The van der Waals surface area contributed by atoms with E-state index in [4.69, 9.17) is 9.47 Å². The number of Topliss-reactive ketones (excluding diaryl/α,β-unsaturated/α-hetero) is 1. The molecule has 1 aromatic heterocycles. The van der Waals surface area contributed by atoms with E-state index in [0.29, 0.717) is 29.7 Å². The fourth-order valence-electron chi connectivity index (χ4n) is 5.20. The first-order valence-electron chi connectivity index (χ1n) is 12.6. The van der Waals surface area contributed by atoms with Crippen LogP contribution in [0, 0.1) is 5.92 Å². The number of carbonyl (C=O) groups is 3. The number of allylic oxidation sites excluding steroid dienone is 3. The van der Waals surface area contributed by atoms with Crippen LogP contribution in [0.1, 0.15) is 63.1 Å². The molecule has 0 amide bonds. The molecule has 2 aromatic rings. The van der Waals surface area contributed by atoms with Gasteiger partial charge in [-0.2, -0.15) is 0 Å². The fraction of sp³-hybridized carbons (Fsp3) is 0.379. The third kappa shape index (κ3) is 4.83. The smallest absolute Gasteiger partial charge is 0.336 e. The van der Waals surface area contributed by atoms with E-state index in [9.17, 15) is 14.4 Å². The summed E-state index contributed by atoms with van der Waals surface area (Å²) in [6, 6.07) is 15.0. The SMILES string of the molecule is CCCC1=C(C(=O)OCC)C(c2ccccn2)C2=C(CC(c3ccccc3)C(C(=O)OCC)C2=O)N1. The van der Waals surface area contributed by atoms with E-state index in [2.05, 4.69) is 10.3 Å². The van der Waals surface area contributed by atoms with E-state index in [1.165, 1.54) is 0 Å². The van der Waals surface area contributed by atoms with Gasteiger partial charge >= 0.3 is 11.9 Å². The van der Waals surface area contributed by atoms with Gasteiger partial charge in [0.2, 0.25) is 0 Å². The molecule has 1 aromatic carbocycles. The number of pyridine rings is 1. The maximum Gasteiger partial charge on any atom is 0.336 e. The monoisotopic (exact) mass is 488 g/mol. The van der Waals surface area contributed by atoms with E-state index in [-0.39, 0.29) is 24.9 Å². The van der Waals surface area contributed by atoms with Crippen molar-refractivity contribution in [3.05, 3.63) is 88.5 Å². The van der Waals surface area contributed by atoms with Crippen molar-refractivity contribution in [3.63, 3.8) is 0 Å². The highest BCUT2D eigenvalue weighted by Gasteiger charge is 2.49. The Kier molecular flexibility index (Phi) is 7.98. The van der Waals surface area contributed by atoms with Crippen LogP contribution in [0.5, 0.6) is 0 Å². The Bertz CT molecular complexity index is 1190. The molecule has 7 heteroatoms. The zero-order chi connectivity index (χ0) is 25.7. The Morgan fingerprint density at radius 2 is 1.72 bits per heavy atom. The summed E-state index contributed by atoms with van der Waals surface area (Å²) in [6.45, 7) is 5.89. The lowest BCUT2D eigenvalue weighted by Gasteiger charge is -2.39. The van der Waals surface area contributed by atoms with E-state index in [0.717, 1.165) is 23.4 Å². The number of hydrogen-bond acceptors (Lipinski definition) is 7. The Balaban J connectivity index is 1.91. The van der Waals surface area contributed by atoms with Gasteiger partial charge in [0, 0.05) is 29.1 Å². The molecule has 2 heterocycles. The van der Waals surface area contributed by atoms with Crippen molar-refractivity contribution in [1.82, 2.24) is 10.3 Å². The summed E-state index contributed by atoms with van der Waals surface area (Å²) in [4.78, 5) is 45.2. The quantitative estimate of drug-likeness (QED) is 0.429. The van der Waals surface area contributed by atoms with E-state index >= 15 is 0 Å². The van der Waals surface area contributed by atoms with Crippen molar-refractivity contribution in [2.45, 2.75) is 51.9 Å². The summed E-state index contributed by atoms with van der Waals surface area (Å²) in [5, 5.41) is 3.42. The lowest BCUT2D eigenvalue weighted by atomic mass is 9.67. The molecule has 0 saturated heterocycles. The highest BCUT2D eigenvalue weighted by molar-refractivity contribution is 6.13. The van der Waals surface area contributed by atoms with Crippen LogP contribution in [0.25, 0.3) is 0 Å². The largest absolute Gasteiger partial charge is 0.465 e. The number of rotatable bonds is 8. The molecule has 0 radical (unpaired) electrons. The van der Waals surface area contributed by atoms with E-state index in [1.54, 1.807) is 32.2 Å². The first kappa shape index (κ1) is 25.4. The number of aromatic nitrogens is 1. The highest BCUT2D eigenvalue weighted by Crippen LogP contribution is 2.48. The Labute approximate surface area is 211 Å². The molecule has 4 rings (SSSR count). The molecule has 2 aliphatic rings. The highest BCUT2D eigenvalue weighted by atomic mass is 16.5. The first-order chi connectivity index (χ1) is 17.5. The van der Waals surface area contributed by atoms with Gasteiger partial charge in [-0.25, -0.2) is 4.79 Å². The summed E-state index contributed by atoms with van der Waals surface area (Å²) in [6.07, 6.45) is 3.48. The van der Waals surface area contributed by atoms with Gasteiger partial charge in [0.1, 0.15) is 5.92 Å². The zero-order valence-electron chi connectivity index (χ0n) is 21.0. The van der Waals surface area contributed by atoms with Crippen LogP contribution in [-0.2, 0) is 23.9 Å². The minimum absolute atomic E-state index is 0.173. The minimum atomic E-state index is -1.02. The molecule has 188 valence electrons. The predicted molar refractivity (Wildman–Crippen MR) is 135 cm³/mol. The predicted octanol–water partition coefficient (Wildman–Crippen LogP) is 4.58. The summed E-state index contributed by atoms with van der Waals surface area (Å²) in [7, 11) is 0. The van der Waals surface area contributed by atoms with E-state index in [1.807, 2.05) is 43.3 Å². The third-order valence-corrected chi connectivity index (χ3v) is 6.65. The molecule has 3 unspecified atom stereocenters. The van der Waals surface area contributed by atoms with Crippen molar-refractivity contribution >= 4 is 17.7 Å². The molecular weight excluding hydrogens is 456 g/mol. The Hall–Kier alpha value is -3.74. The van der Waals surface area contributed by atoms with Gasteiger partial charge in [-0.3, -0.25) is 14.6 Å². The average Bonchev–Trinajstić information content (AvgIpc) is 2.89. The second-order valence-electron chi connectivity index (χ2n) is 8.88. The molecule has 0 saturated carbocycles. The Morgan fingerprint density at radius 1 is 1.00 bits per heavy atom. The zero-order valence-corrected chi connectivity index (χ0v) is 21.0. The fourth-order valence-corrected chi connectivity index (χ4v) is 5.20. The van der Waals surface area contributed by atoms with Gasteiger partial charge in [-0.15, -0.1) is 0 Å². The van der Waals surface area contributed by atoms with Gasteiger partial charge in [0.25, 0.3) is 0 Å². The molecule has 1 aliphatic carbocycles. The standard InChI is InChI=1S/C29H32N2O5/c1-4-12-21-26(29(34)36-6-3)24(20-15-10-11-16-30-20)25-22(31-21)17-19(18-13-8-7-9-14-18)23(27(25)32)28(33)35-5-2/h7-11,13-16,19,23-24,31H,4-6,12,17H2,1-3H3. The van der Waals surface area contributed by atoms with E-state index < -0.39 is 23.8 Å². The average molecular weight is 489 g/mol. The second-order valence-corrected chi connectivity index (χ2v) is 8.88. The van der Waals surface area contributed by atoms with Crippen molar-refractivity contribution in [1.29, 1.82) is 0 Å². The lowest BCUT2D eigenvalue weighted by molar-refractivity contribution is -0.152. The summed E-state index contributed by atoms with van der Waals surface area (Å²) in [5.74, 6) is -3.52. The minimum Gasteiger partial charge on any atom is -0.465 e. The number of nitrogens with one attached hydrogen (secondary N) is 1. The molecule has 1 aliphatic heterocycles. The summed E-state index contributed by atoms with van der Waals surface area (Å²) < 4.78 is 10.8. The topological polar surface area (TPSA) is 94.6 Å². The number of nitrogens with zero attached hydrogens (tertiary/aromatic N) is 1.